The molecule has 0 radical (unpaired) electrons. The predicted octanol–water partition coefficient (Wildman–Crippen LogP) is 5.21. The zero-order chi connectivity index (χ0) is 21.8. The average molecular weight is 470 g/mol. The zero-order valence-corrected chi connectivity index (χ0v) is 19.2. The van der Waals surface area contributed by atoms with E-state index < -0.39 is 0 Å². The minimum Gasteiger partial charge on any atom is -0.351 e. The van der Waals surface area contributed by atoms with E-state index in [1.54, 1.807) is 10.6 Å². The van der Waals surface area contributed by atoms with Crippen molar-refractivity contribution in [3.05, 3.63) is 80.9 Å². The fourth-order valence-corrected chi connectivity index (χ4v) is 5.26. The summed E-state index contributed by atoms with van der Waals surface area (Å²) in [5, 5.41) is 6.01. The lowest BCUT2D eigenvalue weighted by molar-refractivity contribution is -0.118. The summed E-state index contributed by atoms with van der Waals surface area (Å²) in [5.74, 6) is 0.0169. The molecule has 0 saturated carbocycles. The van der Waals surface area contributed by atoms with Crippen LogP contribution in [0.4, 0.5) is 0 Å². The van der Waals surface area contributed by atoms with E-state index in [0.717, 1.165) is 16.7 Å². The summed E-state index contributed by atoms with van der Waals surface area (Å²) in [6, 6.07) is 17.3. The fraction of sp³-hybridized carbons (Fsp3) is 0.174. The van der Waals surface area contributed by atoms with Gasteiger partial charge in [0.15, 0.2) is 5.16 Å². The largest absolute Gasteiger partial charge is 0.351 e. The first kappa shape index (κ1) is 21.6. The number of carbonyl (C=O) groups is 1. The smallest absolute Gasteiger partial charge is 0.272 e. The topological polar surface area (TPSA) is 64.0 Å². The van der Waals surface area contributed by atoms with Gasteiger partial charge in [-0.2, -0.15) is 0 Å². The van der Waals surface area contributed by atoms with Gasteiger partial charge in [0.1, 0.15) is 4.70 Å². The number of rotatable bonds is 7. The van der Waals surface area contributed by atoms with E-state index in [4.69, 9.17) is 16.6 Å². The second kappa shape index (κ2) is 9.68. The first-order valence-corrected chi connectivity index (χ1v) is 12.0. The molecule has 158 valence electrons. The lowest BCUT2D eigenvalue weighted by Crippen LogP contribution is -2.26. The molecule has 0 aliphatic carbocycles. The third-order valence-electron chi connectivity index (χ3n) is 4.81. The van der Waals surface area contributed by atoms with Crippen LogP contribution in [0.5, 0.6) is 0 Å². The summed E-state index contributed by atoms with van der Waals surface area (Å²) >= 11 is 8.82. The van der Waals surface area contributed by atoms with Crippen LogP contribution in [0.25, 0.3) is 21.3 Å². The molecule has 0 fully saturated rings. The molecule has 5 nitrogen and oxygen atoms in total. The normalized spacial score (nSPS) is 11.0. The van der Waals surface area contributed by atoms with Gasteiger partial charge in [0, 0.05) is 29.1 Å². The van der Waals surface area contributed by atoms with E-state index in [9.17, 15) is 9.59 Å². The van der Waals surface area contributed by atoms with Crippen LogP contribution >= 0.6 is 34.7 Å². The second-order valence-corrected chi connectivity index (χ2v) is 9.02. The Morgan fingerprint density at radius 1 is 1.16 bits per heavy atom. The van der Waals surface area contributed by atoms with Crippen molar-refractivity contribution in [3.63, 3.8) is 0 Å². The maximum Gasteiger partial charge on any atom is 0.272 e. The summed E-state index contributed by atoms with van der Waals surface area (Å²) < 4.78 is 2.26. The monoisotopic (exact) mass is 469 g/mol. The van der Waals surface area contributed by atoms with Crippen LogP contribution in [-0.2, 0) is 17.9 Å². The Hall–Kier alpha value is -2.61. The third-order valence-corrected chi connectivity index (χ3v) is 7.11. The zero-order valence-electron chi connectivity index (χ0n) is 16.8. The van der Waals surface area contributed by atoms with Gasteiger partial charge < -0.3 is 5.32 Å². The number of hydrogen-bond donors (Lipinski definition) is 1. The standard InChI is InChI=1S/C23H20ClN3O2S2/c1-2-27-22(29)21-20(17(13-30-21)15-8-4-3-5-9-15)26-23(27)31-14-19(28)25-12-16-10-6-7-11-18(16)24/h3-11,13H,2,12,14H2,1H3,(H,25,28). The highest BCUT2D eigenvalue weighted by Crippen LogP contribution is 2.32. The van der Waals surface area contributed by atoms with Gasteiger partial charge in [0.05, 0.1) is 11.3 Å². The Morgan fingerprint density at radius 2 is 1.90 bits per heavy atom. The number of hydrogen-bond acceptors (Lipinski definition) is 5. The number of thioether (sulfide) groups is 1. The van der Waals surface area contributed by atoms with Crippen LogP contribution in [0.1, 0.15) is 12.5 Å². The first-order chi connectivity index (χ1) is 15.1. The Labute approximate surface area is 193 Å². The number of nitrogens with zero attached hydrogens (tertiary/aromatic N) is 2. The summed E-state index contributed by atoms with van der Waals surface area (Å²) in [4.78, 5) is 30.2. The quantitative estimate of drug-likeness (QED) is 0.298. The number of amides is 1. The van der Waals surface area contributed by atoms with Crippen LogP contribution in [0.15, 0.2) is 69.9 Å². The van der Waals surface area contributed by atoms with Crippen molar-refractivity contribution in [1.82, 2.24) is 14.9 Å². The molecule has 0 saturated heterocycles. The third kappa shape index (κ3) is 4.69. The van der Waals surface area contributed by atoms with Crippen LogP contribution in [-0.4, -0.2) is 21.2 Å². The van der Waals surface area contributed by atoms with Crippen LogP contribution in [0, 0.1) is 0 Å². The number of aromatic nitrogens is 2. The van der Waals surface area contributed by atoms with E-state index in [2.05, 4.69) is 5.32 Å². The Kier molecular flexibility index (Phi) is 6.75. The molecule has 0 spiro atoms. The molecule has 2 aromatic carbocycles. The van der Waals surface area contributed by atoms with E-state index in [1.165, 1.54) is 23.1 Å². The molecule has 4 rings (SSSR count). The number of benzene rings is 2. The van der Waals surface area contributed by atoms with Gasteiger partial charge in [-0.1, -0.05) is 71.9 Å². The van der Waals surface area contributed by atoms with Crippen molar-refractivity contribution in [2.45, 2.75) is 25.2 Å². The van der Waals surface area contributed by atoms with Crippen molar-refractivity contribution >= 4 is 50.8 Å². The molecule has 0 unspecified atom stereocenters. The highest BCUT2D eigenvalue weighted by molar-refractivity contribution is 7.99. The maximum absolute atomic E-state index is 13.0. The van der Waals surface area contributed by atoms with Gasteiger partial charge in [-0.3, -0.25) is 14.2 Å². The highest BCUT2D eigenvalue weighted by Gasteiger charge is 2.17. The fourth-order valence-electron chi connectivity index (χ4n) is 3.21. The number of fused-ring (bicyclic) bond motifs is 1. The van der Waals surface area contributed by atoms with Crippen molar-refractivity contribution in [2.75, 3.05) is 5.75 Å². The predicted molar refractivity (Wildman–Crippen MR) is 129 cm³/mol. The van der Waals surface area contributed by atoms with Crippen molar-refractivity contribution in [3.8, 4) is 11.1 Å². The lowest BCUT2D eigenvalue weighted by Gasteiger charge is -2.11. The molecule has 1 N–H and O–H groups in total. The number of thiophene rings is 1. The molecular formula is C23H20ClN3O2S2. The van der Waals surface area contributed by atoms with Gasteiger partial charge in [-0.05, 0) is 24.1 Å². The summed E-state index contributed by atoms with van der Waals surface area (Å²) in [6.07, 6.45) is 0. The first-order valence-electron chi connectivity index (χ1n) is 9.78. The molecule has 31 heavy (non-hydrogen) atoms. The number of halogens is 1. The summed E-state index contributed by atoms with van der Waals surface area (Å²) in [7, 11) is 0. The molecule has 2 heterocycles. The minimum absolute atomic E-state index is 0.0707. The van der Waals surface area contributed by atoms with Gasteiger partial charge in [-0.15, -0.1) is 11.3 Å². The lowest BCUT2D eigenvalue weighted by atomic mass is 10.1. The van der Waals surface area contributed by atoms with Crippen molar-refractivity contribution in [2.24, 2.45) is 0 Å². The van der Waals surface area contributed by atoms with E-state index in [1.807, 2.05) is 60.8 Å². The summed E-state index contributed by atoms with van der Waals surface area (Å²) in [6.45, 7) is 2.75. The number of nitrogens with one attached hydrogen (secondary N) is 1. The molecule has 0 aliphatic heterocycles. The van der Waals surface area contributed by atoms with Gasteiger partial charge >= 0.3 is 0 Å². The minimum atomic E-state index is -0.143. The average Bonchev–Trinajstić information content (AvgIpc) is 3.22. The molecule has 8 heteroatoms. The molecule has 0 atom stereocenters. The molecular weight excluding hydrogens is 450 g/mol. The molecule has 2 aromatic heterocycles. The molecule has 0 aliphatic rings. The van der Waals surface area contributed by atoms with Crippen molar-refractivity contribution in [1.29, 1.82) is 0 Å². The molecule has 1 amide bonds. The summed E-state index contributed by atoms with van der Waals surface area (Å²) in [5.41, 5.74) is 3.43. The Balaban J connectivity index is 1.56. The van der Waals surface area contributed by atoms with Crippen LogP contribution < -0.4 is 10.9 Å². The maximum atomic E-state index is 13.0. The molecule has 0 bridgehead atoms. The van der Waals surface area contributed by atoms with E-state index in [0.29, 0.717) is 33.5 Å². The van der Waals surface area contributed by atoms with Gasteiger partial charge in [-0.25, -0.2) is 4.98 Å². The van der Waals surface area contributed by atoms with Gasteiger partial charge in [0.25, 0.3) is 5.56 Å². The SMILES string of the molecule is CCn1c(SCC(=O)NCc2ccccc2Cl)nc2c(-c3ccccc3)csc2c1=O. The number of carbonyl (C=O) groups excluding carboxylic acids is 1. The van der Waals surface area contributed by atoms with Crippen molar-refractivity contribution < 1.29 is 4.79 Å². The Morgan fingerprint density at radius 3 is 2.65 bits per heavy atom. The Bertz CT molecular complexity index is 1290. The van der Waals surface area contributed by atoms with E-state index in [-0.39, 0.29) is 17.2 Å². The van der Waals surface area contributed by atoms with Crippen LogP contribution in [0.3, 0.4) is 0 Å². The highest BCUT2D eigenvalue weighted by atomic mass is 35.5. The van der Waals surface area contributed by atoms with Gasteiger partial charge in [0.2, 0.25) is 5.91 Å². The van der Waals surface area contributed by atoms with Crippen LogP contribution in [0.2, 0.25) is 5.02 Å². The molecule has 4 aromatic rings. The second-order valence-electron chi connectivity index (χ2n) is 6.79. The van der Waals surface area contributed by atoms with E-state index >= 15 is 0 Å².